The number of unbranched alkanes of at least 4 members (excludes halogenated alkanes) is 1. The van der Waals surface area contributed by atoms with Crippen LogP contribution in [0.5, 0.6) is 0 Å². The molecule has 0 fully saturated rings. The number of rotatable bonds is 9. The van der Waals surface area contributed by atoms with E-state index in [0.717, 1.165) is 50.6 Å². The Morgan fingerprint density at radius 1 is 1.25 bits per heavy atom. The van der Waals surface area contributed by atoms with Crippen molar-refractivity contribution in [3.63, 3.8) is 0 Å². The Morgan fingerprint density at radius 3 is 2.60 bits per heavy atom. The average Bonchev–Trinajstić information content (AvgIpc) is 2.78. The second-order valence-corrected chi connectivity index (χ2v) is 5.32. The van der Waals surface area contributed by atoms with Crippen molar-refractivity contribution >= 4 is 11.6 Å². The molecule has 1 amide bonds. The minimum absolute atomic E-state index is 0.157. The fourth-order valence-corrected chi connectivity index (χ4v) is 2.34. The largest absolute Gasteiger partial charge is 0.395 e. The van der Waals surface area contributed by atoms with Crippen molar-refractivity contribution in [1.82, 2.24) is 15.5 Å². The van der Waals surface area contributed by atoms with Crippen LogP contribution in [-0.2, 0) is 6.42 Å². The Morgan fingerprint density at radius 2 is 2.00 bits per heavy atom. The van der Waals surface area contributed by atoms with Crippen LogP contribution < -0.4 is 11.1 Å². The third-order valence-corrected chi connectivity index (χ3v) is 3.48. The molecule has 1 heterocycles. The second-order valence-electron chi connectivity index (χ2n) is 5.32. The summed E-state index contributed by atoms with van der Waals surface area (Å²) >= 11 is 0. The van der Waals surface area contributed by atoms with E-state index in [1.54, 1.807) is 0 Å². The van der Waals surface area contributed by atoms with Crippen LogP contribution in [0.2, 0.25) is 0 Å². The van der Waals surface area contributed by atoms with Crippen LogP contribution in [0.4, 0.5) is 5.69 Å². The first kappa shape index (κ1) is 16.5. The molecule has 1 unspecified atom stereocenters. The van der Waals surface area contributed by atoms with Gasteiger partial charge >= 0.3 is 0 Å². The zero-order valence-corrected chi connectivity index (χ0v) is 13.0. The number of nitrogens with zero attached hydrogens (tertiary/aromatic N) is 1. The zero-order chi connectivity index (χ0) is 15.0. The van der Waals surface area contributed by atoms with Crippen LogP contribution in [0.25, 0.3) is 0 Å². The summed E-state index contributed by atoms with van der Waals surface area (Å²) in [5, 5.41) is 10.00. The zero-order valence-electron chi connectivity index (χ0n) is 13.0. The number of nitrogen functional groups attached to an aromatic ring is 1. The maximum Gasteiger partial charge on any atom is 0.274 e. The number of carbonyl (C=O) groups excluding carboxylic acids is 1. The molecule has 0 saturated heterocycles. The van der Waals surface area contributed by atoms with E-state index in [-0.39, 0.29) is 11.9 Å². The van der Waals surface area contributed by atoms with Crippen LogP contribution in [0.3, 0.4) is 0 Å². The molecule has 0 bridgehead atoms. The van der Waals surface area contributed by atoms with Crippen molar-refractivity contribution < 1.29 is 4.79 Å². The Kier molecular flexibility index (Phi) is 7.12. The molecule has 114 valence electrons. The fraction of sp³-hybridized carbons (Fsp3) is 0.733. The lowest BCUT2D eigenvalue weighted by molar-refractivity contribution is 0.0928. The Hall–Kier alpha value is -1.52. The summed E-state index contributed by atoms with van der Waals surface area (Å²) < 4.78 is 0. The molecule has 20 heavy (non-hydrogen) atoms. The molecule has 5 heteroatoms. The van der Waals surface area contributed by atoms with Gasteiger partial charge in [-0.2, -0.15) is 5.10 Å². The molecule has 0 spiro atoms. The third-order valence-electron chi connectivity index (χ3n) is 3.48. The molecular weight excluding hydrogens is 252 g/mol. The molecule has 5 nitrogen and oxygen atoms in total. The minimum Gasteiger partial charge on any atom is -0.395 e. The first-order chi connectivity index (χ1) is 9.63. The lowest BCUT2D eigenvalue weighted by Gasteiger charge is -2.17. The number of amides is 1. The quantitative estimate of drug-likeness (QED) is 0.650. The number of nitrogens with one attached hydrogen (secondary N) is 2. The van der Waals surface area contributed by atoms with E-state index in [4.69, 9.17) is 5.73 Å². The maximum absolute atomic E-state index is 12.3. The van der Waals surface area contributed by atoms with Gasteiger partial charge in [0.1, 0.15) is 0 Å². The number of H-pyrrole nitrogens is 1. The number of hydrogen-bond acceptors (Lipinski definition) is 3. The maximum atomic E-state index is 12.3. The van der Waals surface area contributed by atoms with Crippen molar-refractivity contribution in [2.45, 2.75) is 71.8 Å². The summed E-state index contributed by atoms with van der Waals surface area (Å²) in [4.78, 5) is 12.3. The van der Waals surface area contributed by atoms with Crippen LogP contribution in [-0.4, -0.2) is 22.1 Å². The van der Waals surface area contributed by atoms with Gasteiger partial charge in [0, 0.05) is 6.04 Å². The normalized spacial score (nSPS) is 12.3. The summed E-state index contributed by atoms with van der Waals surface area (Å²) in [5.41, 5.74) is 7.68. The van der Waals surface area contributed by atoms with Gasteiger partial charge in [-0.15, -0.1) is 0 Å². The highest BCUT2D eigenvalue weighted by atomic mass is 16.2. The van der Waals surface area contributed by atoms with Crippen LogP contribution in [0.15, 0.2) is 0 Å². The summed E-state index contributed by atoms with van der Waals surface area (Å²) in [5.74, 6) is -0.157. The second kappa shape index (κ2) is 8.61. The fourth-order valence-electron chi connectivity index (χ4n) is 2.34. The summed E-state index contributed by atoms with van der Waals surface area (Å²) in [6, 6.07) is 0.221. The average molecular weight is 280 g/mol. The van der Waals surface area contributed by atoms with Gasteiger partial charge in [0.15, 0.2) is 5.69 Å². The van der Waals surface area contributed by atoms with E-state index >= 15 is 0 Å². The van der Waals surface area contributed by atoms with E-state index in [9.17, 15) is 4.79 Å². The number of anilines is 1. The first-order valence-electron chi connectivity index (χ1n) is 7.77. The SMILES string of the molecule is CCCCC(CCC)NC(=O)c1n[nH]c(CCC)c1N. The first-order valence-corrected chi connectivity index (χ1v) is 7.77. The molecule has 1 aromatic rings. The number of nitrogens with two attached hydrogens (primary N) is 1. The van der Waals surface area contributed by atoms with Crippen molar-refractivity contribution in [2.75, 3.05) is 5.73 Å². The summed E-state index contributed by atoms with van der Waals surface area (Å²) in [6.45, 7) is 6.36. The highest BCUT2D eigenvalue weighted by molar-refractivity contribution is 5.97. The Labute approximate surface area is 121 Å². The Bertz CT molecular complexity index is 414. The topological polar surface area (TPSA) is 83.8 Å². The molecule has 0 aliphatic carbocycles. The van der Waals surface area contributed by atoms with Gasteiger partial charge in [0.2, 0.25) is 0 Å². The summed E-state index contributed by atoms with van der Waals surface area (Å²) in [6.07, 6.45) is 7.14. The molecule has 0 aromatic carbocycles. The van der Waals surface area contributed by atoms with Crippen molar-refractivity contribution in [2.24, 2.45) is 0 Å². The molecule has 0 radical (unpaired) electrons. The van der Waals surface area contributed by atoms with E-state index in [2.05, 4.69) is 36.3 Å². The molecule has 0 aliphatic rings. The molecule has 1 atom stereocenters. The molecular formula is C15H28N4O. The minimum atomic E-state index is -0.157. The third kappa shape index (κ3) is 4.54. The van der Waals surface area contributed by atoms with Crippen LogP contribution in [0.1, 0.15) is 75.5 Å². The van der Waals surface area contributed by atoms with E-state index in [0.29, 0.717) is 11.4 Å². The van der Waals surface area contributed by atoms with Gasteiger partial charge < -0.3 is 11.1 Å². The highest BCUT2D eigenvalue weighted by Gasteiger charge is 2.19. The number of aromatic nitrogens is 2. The van der Waals surface area contributed by atoms with Crippen LogP contribution in [0, 0.1) is 0 Å². The number of aryl methyl sites for hydroxylation is 1. The van der Waals surface area contributed by atoms with Gasteiger partial charge in [-0.25, -0.2) is 0 Å². The van der Waals surface area contributed by atoms with E-state index in [1.165, 1.54) is 0 Å². The van der Waals surface area contributed by atoms with Gasteiger partial charge in [-0.3, -0.25) is 9.89 Å². The standard InChI is InChI=1S/C15H28N4O/c1-4-7-10-11(8-5-2)17-15(20)14-13(16)12(9-6-3)18-19-14/h11H,4-10,16H2,1-3H3,(H,17,20)(H,18,19). The van der Waals surface area contributed by atoms with Gasteiger partial charge in [0.05, 0.1) is 11.4 Å². The van der Waals surface area contributed by atoms with Gasteiger partial charge in [0.25, 0.3) is 5.91 Å². The van der Waals surface area contributed by atoms with Crippen LogP contribution >= 0.6 is 0 Å². The molecule has 1 rings (SSSR count). The summed E-state index contributed by atoms with van der Waals surface area (Å²) in [7, 11) is 0. The number of hydrogen-bond donors (Lipinski definition) is 3. The highest BCUT2D eigenvalue weighted by Crippen LogP contribution is 2.16. The smallest absolute Gasteiger partial charge is 0.274 e. The predicted octanol–water partition coefficient (Wildman–Crippen LogP) is 3.03. The number of carbonyl (C=O) groups is 1. The predicted molar refractivity (Wildman–Crippen MR) is 82.7 cm³/mol. The molecule has 4 N–H and O–H groups in total. The van der Waals surface area contributed by atoms with E-state index in [1.807, 2.05) is 0 Å². The van der Waals surface area contributed by atoms with Crippen molar-refractivity contribution in [1.29, 1.82) is 0 Å². The molecule has 0 aliphatic heterocycles. The number of aromatic amines is 1. The lowest BCUT2D eigenvalue weighted by atomic mass is 10.0. The van der Waals surface area contributed by atoms with E-state index < -0.39 is 0 Å². The Balaban J connectivity index is 2.68. The lowest BCUT2D eigenvalue weighted by Crippen LogP contribution is -2.35. The van der Waals surface area contributed by atoms with Crippen molar-refractivity contribution in [3.8, 4) is 0 Å². The molecule has 1 aromatic heterocycles. The monoisotopic (exact) mass is 280 g/mol. The van der Waals surface area contributed by atoms with Gasteiger partial charge in [-0.05, 0) is 19.3 Å². The van der Waals surface area contributed by atoms with Crippen molar-refractivity contribution in [3.05, 3.63) is 11.4 Å². The molecule has 0 saturated carbocycles. The van der Waals surface area contributed by atoms with Gasteiger partial charge in [-0.1, -0.05) is 46.5 Å².